The second-order valence-corrected chi connectivity index (χ2v) is 6.92. The van der Waals surface area contributed by atoms with E-state index in [2.05, 4.69) is 15.7 Å². The molecule has 0 saturated heterocycles. The number of anilines is 1. The lowest BCUT2D eigenvalue weighted by atomic mass is 10.1. The third-order valence-electron chi connectivity index (χ3n) is 4.24. The van der Waals surface area contributed by atoms with Crippen molar-refractivity contribution in [1.29, 1.82) is 0 Å². The smallest absolute Gasteiger partial charge is 0.319 e. The maximum absolute atomic E-state index is 12.2. The maximum Gasteiger partial charge on any atom is 0.319 e. The molecule has 0 aliphatic carbocycles. The Morgan fingerprint density at radius 3 is 2.54 bits per heavy atom. The van der Waals surface area contributed by atoms with Crippen LogP contribution in [0.15, 0.2) is 60.8 Å². The first kappa shape index (κ1) is 19.6. The fraction of sp³-hybridized carbons (Fsp3) is 0.273. The predicted octanol–water partition coefficient (Wildman–Crippen LogP) is 4.43. The third-order valence-corrected chi connectivity index (χ3v) is 4.24. The van der Waals surface area contributed by atoms with Crippen molar-refractivity contribution in [2.75, 3.05) is 5.32 Å². The molecule has 0 atom stereocenters. The minimum atomic E-state index is -0.249. The van der Waals surface area contributed by atoms with E-state index in [-0.39, 0.29) is 12.1 Å². The quantitative estimate of drug-likeness (QED) is 0.639. The number of aryl methyl sites for hydroxylation is 1. The molecule has 2 N–H and O–H groups in total. The molecular weight excluding hydrogens is 352 g/mol. The zero-order valence-corrected chi connectivity index (χ0v) is 16.5. The summed E-state index contributed by atoms with van der Waals surface area (Å²) in [6.45, 7) is 7.07. The summed E-state index contributed by atoms with van der Waals surface area (Å²) >= 11 is 0. The molecule has 3 aromatic rings. The van der Waals surface area contributed by atoms with Gasteiger partial charge in [-0.2, -0.15) is 5.10 Å². The van der Waals surface area contributed by atoms with Crippen molar-refractivity contribution in [3.63, 3.8) is 0 Å². The summed E-state index contributed by atoms with van der Waals surface area (Å²) in [6, 6.07) is 17.3. The first-order valence-corrected chi connectivity index (χ1v) is 9.36. The fourth-order valence-corrected chi connectivity index (χ4v) is 2.73. The van der Waals surface area contributed by atoms with Gasteiger partial charge in [0.2, 0.25) is 0 Å². The number of ether oxygens (including phenoxy) is 1. The Hall–Kier alpha value is -3.12. The Balaban J connectivity index is 1.53. The number of aromatic nitrogens is 2. The number of amides is 2. The molecule has 1 aromatic heterocycles. The van der Waals surface area contributed by atoms with Gasteiger partial charge in [0.05, 0.1) is 18.4 Å². The third kappa shape index (κ3) is 5.44. The maximum atomic E-state index is 12.2. The summed E-state index contributed by atoms with van der Waals surface area (Å²) in [6.07, 6.45) is 1.96. The van der Waals surface area contributed by atoms with Crippen LogP contribution in [0.1, 0.15) is 30.7 Å². The molecule has 146 valence electrons. The van der Waals surface area contributed by atoms with Gasteiger partial charge >= 0.3 is 6.03 Å². The van der Waals surface area contributed by atoms with Crippen LogP contribution in [0.2, 0.25) is 0 Å². The van der Waals surface area contributed by atoms with E-state index in [9.17, 15) is 4.79 Å². The highest BCUT2D eigenvalue weighted by Gasteiger charge is 2.05. The van der Waals surface area contributed by atoms with E-state index >= 15 is 0 Å². The summed E-state index contributed by atoms with van der Waals surface area (Å²) in [5.74, 6) is 0. The van der Waals surface area contributed by atoms with Crippen LogP contribution in [0.4, 0.5) is 10.5 Å². The lowest BCUT2D eigenvalue weighted by molar-refractivity contribution is 0.0657. The normalized spacial score (nSPS) is 10.9. The van der Waals surface area contributed by atoms with Gasteiger partial charge < -0.3 is 15.4 Å². The lowest BCUT2D eigenvalue weighted by Gasteiger charge is -2.11. The van der Waals surface area contributed by atoms with Gasteiger partial charge in [0.25, 0.3) is 0 Å². The number of nitrogens with zero attached hydrogens (tertiary/aromatic N) is 2. The molecule has 0 aliphatic rings. The van der Waals surface area contributed by atoms with Crippen molar-refractivity contribution >= 4 is 11.7 Å². The largest absolute Gasteiger partial charge is 0.374 e. The van der Waals surface area contributed by atoms with Gasteiger partial charge in [-0.3, -0.25) is 0 Å². The van der Waals surface area contributed by atoms with Crippen molar-refractivity contribution in [3.8, 4) is 5.69 Å². The van der Waals surface area contributed by atoms with E-state index in [0.29, 0.717) is 18.8 Å². The Morgan fingerprint density at radius 1 is 1.11 bits per heavy atom. The summed E-state index contributed by atoms with van der Waals surface area (Å²) in [5, 5.41) is 10.0. The number of benzene rings is 2. The zero-order chi connectivity index (χ0) is 19.9. The minimum absolute atomic E-state index is 0.209. The van der Waals surface area contributed by atoms with Gasteiger partial charge in [0.1, 0.15) is 0 Å². The standard InChI is InChI=1S/C22H26N4O2/c1-16(2)28-15-19-9-7-18(8-10-19)14-23-22(27)25-20-5-4-6-21(13-20)26-17(3)11-12-24-26/h4-13,16H,14-15H2,1-3H3,(H2,23,25,27). The highest BCUT2D eigenvalue weighted by Crippen LogP contribution is 2.15. The van der Waals surface area contributed by atoms with E-state index in [4.69, 9.17) is 4.74 Å². The molecule has 0 radical (unpaired) electrons. The molecule has 0 saturated carbocycles. The van der Waals surface area contributed by atoms with Crippen LogP contribution in [0.3, 0.4) is 0 Å². The Labute approximate surface area is 165 Å². The van der Waals surface area contributed by atoms with Crippen molar-refractivity contribution < 1.29 is 9.53 Å². The first-order chi connectivity index (χ1) is 13.5. The molecule has 3 rings (SSSR count). The number of rotatable bonds is 7. The Morgan fingerprint density at radius 2 is 1.86 bits per heavy atom. The number of carbonyl (C=O) groups excluding carboxylic acids is 1. The monoisotopic (exact) mass is 378 g/mol. The number of carbonyl (C=O) groups is 1. The molecule has 0 fully saturated rings. The number of hydrogen-bond acceptors (Lipinski definition) is 3. The summed E-state index contributed by atoms with van der Waals surface area (Å²) < 4.78 is 7.42. The second kappa shape index (κ2) is 9.19. The lowest BCUT2D eigenvalue weighted by Crippen LogP contribution is -2.28. The molecule has 28 heavy (non-hydrogen) atoms. The van der Waals surface area contributed by atoms with Gasteiger partial charge in [-0.1, -0.05) is 30.3 Å². The second-order valence-electron chi connectivity index (χ2n) is 6.92. The number of nitrogens with one attached hydrogen (secondary N) is 2. The minimum Gasteiger partial charge on any atom is -0.374 e. The summed E-state index contributed by atoms with van der Waals surface area (Å²) in [5.41, 5.74) is 4.80. The molecule has 0 bridgehead atoms. The van der Waals surface area contributed by atoms with Crippen molar-refractivity contribution in [2.45, 2.75) is 40.0 Å². The van der Waals surface area contributed by atoms with Gasteiger partial charge in [0, 0.05) is 24.1 Å². The highest BCUT2D eigenvalue weighted by molar-refractivity contribution is 5.89. The van der Waals surface area contributed by atoms with Gasteiger partial charge in [0.15, 0.2) is 0 Å². The van der Waals surface area contributed by atoms with Crippen molar-refractivity contribution in [3.05, 3.63) is 77.6 Å². The zero-order valence-electron chi connectivity index (χ0n) is 16.5. The van der Waals surface area contributed by atoms with Crippen LogP contribution < -0.4 is 10.6 Å². The van der Waals surface area contributed by atoms with Crippen molar-refractivity contribution in [1.82, 2.24) is 15.1 Å². The molecule has 1 heterocycles. The van der Waals surface area contributed by atoms with Crippen LogP contribution in [0.25, 0.3) is 5.69 Å². The fourth-order valence-electron chi connectivity index (χ4n) is 2.73. The van der Waals surface area contributed by atoms with E-state index in [1.165, 1.54) is 0 Å². The molecule has 6 nitrogen and oxygen atoms in total. The SMILES string of the molecule is Cc1ccnn1-c1cccc(NC(=O)NCc2ccc(COC(C)C)cc2)c1. The van der Waals surface area contributed by atoms with Gasteiger partial charge in [-0.05, 0) is 56.2 Å². The van der Waals surface area contributed by atoms with E-state index in [1.54, 1.807) is 6.20 Å². The Kier molecular flexibility index (Phi) is 6.45. The summed E-state index contributed by atoms with van der Waals surface area (Å²) in [7, 11) is 0. The Bertz CT molecular complexity index is 916. The van der Waals surface area contributed by atoms with E-state index in [1.807, 2.05) is 80.1 Å². The van der Waals surface area contributed by atoms with E-state index in [0.717, 1.165) is 22.5 Å². The molecule has 0 spiro atoms. The van der Waals surface area contributed by atoms with Gasteiger partial charge in [-0.15, -0.1) is 0 Å². The number of hydrogen-bond donors (Lipinski definition) is 2. The number of urea groups is 1. The highest BCUT2D eigenvalue weighted by atomic mass is 16.5. The van der Waals surface area contributed by atoms with Gasteiger partial charge in [-0.25, -0.2) is 9.48 Å². The van der Waals surface area contributed by atoms with Crippen LogP contribution in [0, 0.1) is 6.92 Å². The van der Waals surface area contributed by atoms with E-state index < -0.39 is 0 Å². The van der Waals surface area contributed by atoms with Crippen molar-refractivity contribution in [2.24, 2.45) is 0 Å². The summed E-state index contributed by atoms with van der Waals surface area (Å²) in [4.78, 5) is 12.2. The molecule has 6 heteroatoms. The van der Waals surface area contributed by atoms with Crippen LogP contribution in [-0.4, -0.2) is 21.9 Å². The molecule has 0 unspecified atom stereocenters. The molecule has 2 aromatic carbocycles. The molecular formula is C22H26N4O2. The topological polar surface area (TPSA) is 68.2 Å². The van der Waals surface area contributed by atoms with Crippen LogP contribution >= 0.6 is 0 Å². The van der Waals surface area contributed by atoms with Crippen LogP contribution in [0.5, 0.6) is 0 Å². The average Bonchev–Trinajstić information content (AvgIpc) is 3.12. The molecule has 2 amide bonds. The molecule has 0 aliphatic heterocycles. The predicted molar refractivity (Wildman–Crippen MR) is 111 cm³/mol. The first-order valence-electron chi connectivity index (χ1n) is 9.36. The average molecular weight is 378 g/mol. The van der Waals surface area contributed by atoms with Crippen LogP contribution in [-0.2, 0) is 17.9 Å².